The second kappa shape index (κ2) is 7.09. The zero-order valence-electron chi connectivity index (χ0n) is 18.1. The fourth-order valence-electron chi connectivity index (χ4n) is 6.41. The molecule has 0 aromatic carbocycles. The lowest BCUT2D eigenvalue weighted by Crippen LogP contribution is -2.54. The normalized spacial score (nSPS) is 32.5. The van der Waals surface area contributed by atoms with E-state index < -0.39 is 15.4 Å². The molecule has 31 heavy (non-hydrogen) atoms. The van der Waals surface area contributed by atoms with E-state index in [0.717, 1.165) is 12.2 Å². The van der Waals surface area contributed by atoms with Crippen molar-refractivity contribution >= 4 is 33.5 Å². The fourth-order valence-corrected chi connectivity index (χ4v) is 9.97. The lowest BCUT2D eigenvalue weighted by molar-refractivity contribution is -0.132. The van der Waals surface area contributed by atoms with Crippen molar-refractivity contribution in [3.8, 4) is 0 Å². The number of sulfonamides is 1. The molecule has 170 valence electrons. The highest BCUT2D eigenvalue weighted by molar-refractivity contribution is 8.01. The maximum atomic E-state index is 13.4. The summed E-state index contributed by atoms with van der Waals surface area (Å²) in [6.45, 7) is 5.32. The van der Waals surface area contributed by atoms with Crippen molar-refractivity contribution in [3.05, 3.63) is 24.2 Å². The molecular weight excluding hydrogens is 436 g/mol. The van der Waals surface area contributed by atoms with Crippen molar-refractivity contribution in [2.24, 2.45) is 16.7 Å². The molecule has 5 rings (SSSR count). The van der Waals surface area contributed by atoms with Gasteiger partial charge in [-0.3, -0.25) is 9.59 Å². The predicted octanol–water partition coefficient (Wildman–Crippen LogP) is 2.87. The summed E-state index contributed by atoms with van der Waals surface area (Å²) in [7, 11) is -3.56. The molecule has 0 radical (unpaired) electrons. The van der Waals surface area contributed by atoms with Crippen LogP contribution in [-0.4, -0.2) is 58.8 Å². The number of nitrogens with zero attached hydrogens (tertiary/aromatic N) is 2. The number of rotatable bonds is 5. The van der Waals surface area contributed by atoms with Gasteiger partial charge in [-0.15, -0.1) is 11.8 Å². The van der Waals surface area contributed by atoms with Crippen LogP contribution in [0.3, 0.4) is 0 Å². The van der Waals surface area contributed by atoms with E-state index in [9.17, 15) is 18.0 Å². The average molecular weight is 467 g/mol. The molecule has 2 atom stereocenters. The molecule has 1 spiro atoms. The van der Waals surface area contributed by atoms with Crippen LogP contribution >= 0.6 is 11.8 Å². The minimum Gasteiger partial charge on any atom is -0.467 e. The van der Waals surface area contributed by atoms with E-state index in [1.54, 1.807) is 22.3 Å². The summed E-state index contributed by atoms with van der Waals surface area (Å²) in [5.41, 5.74) is -1.00. The third-order valence-electron chi connectivity index (χ3n) is 8.62. The molecule has 3 heterocycles. The van der Waals surface area contributed by atoms with Crippen LogP contribution in [-0.2, 0) is 26.2 Å². The summed E-state index contributed by atoms with van der Waals surface area (Å²) in [5.74, 6) is 1.59. The quantitative estimate of drug-likeness (QED) is 0.663. The SMILES string of the molecule is CC1(C)C2CCC1(CS(=O)(=O)N1CCC3(CC1)SCC(=O)N3Cc1ccco1)C(=O)C2. The topological polar surface area (TPSA) is 87.9 Å². The Balaban J connectivity index is 1.31. The highest BCUT2D eigenvalue weighted by Gasteiger charge is 2.65. The maximum Gasteiger partial charge on any atom is 0.234 e. The number of fused-ring (bicyclic) bond motifs is 2. The van der Waals surface area contributed by atoms with E-state index in [1.165, 1.54) is 0 Å². The van der Waals surface area contributed by atoms with Crippen LogP contribution in [0.5, 0.6) is 0 Å². The second-order valence-corrected chi connectivity index (χ2v) is 13.4. The number of hydrogen-bond acceptors (Lipinski definition) is 6. The number of Topliss-reactive ketones (excluding diaryl/α,β-unsaturated/α-hetero) is 1. The molecule has 4 fully saturated rings. The molecule has 7 nitrogen and oxygen atoms in total. The van der Waals surface area contributed by atoms with Crippen LogP contribution in [0.2, 0.25) is 0 Å². The minimum atomic E-state index is -3.56. The van der Waals surface area contributed by atoms with Gasteiger partial charge < -0.3 is 9.32 Å². The maximum absolute atomic E-state index is 13.4. The van der Waals surface area contributed by atoms with Crippen molar-refractivity contribution < 1.29 is 22.4 Å². The van der Waals surface area contributed by atoms with Gasteiger partial charge in [-0.1, -0.05) is 13.8 Å². The summed E-state index contributed by atoms with van der Waals surface area (Å²) >= 11 is 1.62. The summed E-state index contributed by atoms with van der Waals surface area (Å²) in [6, 6.07) is 3.67. The van der Waals surface area contributed by atoms with Gasteiger partial charge in [-0.25, -0.2) is 12.7 Å². The molecule has 2 saturated carbocycles. The lowest BCUT2D eigenvalue weighted by atomic mass is 9.70. The monoisotopic (exact) mass is 466 g/mol. The van der Waals surface area contributed by atoms with Crippen LogP contribution < -0.4 is 0 Å². The molecule has 1 amide bonds. The van der Waals surface area contributed by atoms with Gasteiger partial charge in [-0.05, 0) is 49.1 Å². The van der Waals surface area contributed by atoms with E-state index in [0.29, 0.717) is 57.0 Å². The number of hydrogen-bond donors (Lipinski definition) is 0. The number of furan rings is 1. The van der Waals surface area contributed by atoms with Crippen LogP contribution in [0.25, 0.3) is 0 Å². The fraction of sp³-hybridized carbons (Fsp3) is 0.727. The first-order chi connectivity index (χ1) is 14.6. The zero-order valence-corrected chi connectivity index (χ0v) is 19.8. The predicted molar refractivity (Wildman–Crippen MR) is 118 cm³/mol. The Morgan fingerprint density at radius 2 is 1.94 bits per heavy atom. The van der Waals surface area contributed by atoms with Crippen LogP contribution in [0.15, 0.2) is 22.8 Å². The largest absolute Gasteiger partial charge is 0.467 e. The number of carbonyl (C=O) groups is 2. The van der Waals surface area contributed by atoms with Crippen molar-refractivity contribution in [1.82, 2.24) is 9.21 Å². The Bertz CT molecular complexity index is 995. The zero-order chi connectivity index (χ0) is 22.1. The van der Waals surface area contributed by atoms with E-state index in [4.69, 9.17) is 4.42 Å². The highest BCUT2D eigenvalue weighted by Crippen LogP contribution is 2.64. The molecule has 1 aromatic rings. The van der Waals surface area contributed by atoms with E-state index in [-0.39, 0.29) is 27.7 Å². The molecule has 2 aliphatic heterocycles. The molecule has 9 heteroatoms. The first-order valence-corrected chi connectivity index (χ1v) is 13.7. The molecular formula is C22H30N2O5S2. The Labute approximate surface area is 187 Å². The Hall–Kier alpha value is -1.32. The van der Waals surface area contributed by atoms with Crippen molar-refractivity contribution in [2.45, 2.75) is 57.4 Å². The third-order valence-corrected chi connectivity index (χ3v) is 12.2. The van der Waals surface area contributed by atoms with Crippen LogP contribution in [0.1, 0.15) is 51.7 Å². The van der Waals surface area contributed by atoms with Gasteiger partial charge in [-0.2, -0.15) is 0 Å². The van der Waals surface area contributed by atoms with Gasteiger partial charge in [0.1, 0.15) is 11.5 Å². The van der Waals surface area contributed by atoms with Crippen molar-refractivity contribution in [2.75, 3.05) is 24.6 Å². The average Bonchev–Trinajstić information content (AvgIpc) is 3.43. The van der Waals surface area contributed by atoms with E-state index in [1.807, 2.05) is 17.0 Å². The Morgan fingerprint density at radius 3 is 2.52 bits per heavy atom. The van der Waals surface area contributed by atoms with Gasteiger partial charge in [0.05, 0.1) is 29.2 Å². The molecule has 4 aliphatic rings. The van der Waals surface area contributed by atoms with E-state index in [2.05, 4.69) is 13.8 Å². The number of thioether (sulfide) groups is 1. The van der Waals surface area contributed by atoms with Gasteiger partial charge >= 0.3 is 0 Å². The first-order valence-electron chi connectivity index (χ1n) is 11.1. The first kappa shape index (κ1) is 21.5. The van der Waals surface area contributed by atoms with Crippen molar-refractivity contribution in [3.63, 3.8) is 0 Å². The summed E-state index contributed by atoms with van der Waals surface area (Å²) < 4.78 is 33.9. The third kappa shape index (κ3) is 3.14. The van der Waals surface area contributed by atoms with E-state index >= 15 is 0 Å². The molecule has 2 aliphatic carbocycles. The van der Waals surface area contributed by atoms with Gasteiger partial charge in [0.15, 0.2) is 0 Å². The standard InChI is InChI=1S/C22H30N2O5S2/c1-20(2)16-5-6-21(20,18(25)12-16)15-31(27,28)23-9-7-22(8-10-23)24(19(26)14-30-22)13-17-4-3-11-29-17/h3-4,11,16H,5-10,12-15H2,1-2H3. The molecule has 0 N–H and O–H groups in total. The van der Waals surface area contributed by atoms with Crippen LogP contribution in [0.4, 0.5) is 0 Å². The second-order valence-electron chi connectivity index (χ2n) is 10.1. The number of amides is 1. The number of ketones is 1. The van der Waals surface area contributed by atoms with Crippen LogP contribution in [0, 0.1) is 16.7 Å². The highest BCUT2D eigenvalue weighted by atomic mass is 32.2. The summed E-state index contributed by atoms with van der Waals surface area (Å²) in [4.78, 5) is 26.9. The lowest BCUT2D eigenvalue weighted by Gasteiger charge is -2.44. The molecule has 1 aromatic heterocycles. The number of piperidine rings is 1. The summed E-state index contributed by atoms with van der Waals surface area (Å²) in [6.07, 6.45) is 4.93. The van der Waals surface area contributed by atoms with Gasteiger partial charge in [0, 0.05) is 24.9 Å². The van der Waals surface area contributed by atoms with Crippen molar-refractivity contribution in [1.29, 1.82) is 0 Å². The molecule has 2 bridgehead atoms. The Morgan fingerprint density at radius 1 is 1.19 bits per heavy atom. The molecule has 2 unspecified atom stereocenters. The van der Waals surface area contributed by atoms with Gasteiger partial charge in [0.2, 0.25) is 15.9 Å². The summed E-state index contributed by atoms with van der Waals surface area (Å²) in [5, 5.41) is 0. The van der Waals surface area contributed by atoms with Gasteiger partial charge in [0.25, 0.3) is 0 Å². The number of carbonyl (C=O) groups excluding carboxylic acids is 2. The Kier molecular flexibility index (Phi) is 4.92. The smallest absolute Gasteiger partial charge is 0.234 e. The molecule has 2 saturated heterocycles. The minimum absolute atomic E-state index is 0.0719.